The van der Waals surface area contributed by atoms with Crippen molar-refractivity contribution in [1.82, 2.24) is 15.4 Å². The van der Waals surface area contributed by atoms with Crippen molar-refractivity contribution in [3.05, 3.63) is 75.6 Å². The van der Waals surface area contributed by atoms with E-state index < -0.39 is 0 Å². The number of hydrogen-bond acceptors (Lipinski definition) is 6. The van der Waals surface area contributed by atoms with Crippen LogP contribution >= 0.6 is 11.6 Å². The van der Waals surface area contributed by atoms with Crippen LogP contribution < -0.4 is 5.32 Å². The number of phenolic OH excluding ortho intramolecular Hbond substituents is 2. The van der Waals surface area contributed by atoms with E-state index in [-0.39, 0.29) is 34.0 Å². The number of halogens is 1. The van der Waals surface area contributed by atoms with Crippen molar-refractivity contribution in [2.45, 2.75) is 38.9 Å². The smallest absolute Gasteiger partial charge is 0.258 e. The molecule has 1 aromatic heterocycles. The van der Waals surface area contributed by atoms with Gasteiger partial charge in [0.25, 0.3) is 5.91 Å². The molecule has 4 rings (SSSR count). The Morgan fingerprint density at radius 3 is 2.84 bits per heavy atom. The summed E-state index contributed by atoms with van der Waals surface area (Å²) in [6.07, 6.45) is 1.71. The van der Waals surface area contributed by atoms with Gasteiger partial charge in [-0.1, -0.05) is 41.0 Å². The number of nitrogens with one attached hydrogen (secondary N) is 1. The molecule has 31 heavy (non-hydrogen) atoms. The predicted molar refractivity (Wildman–Crippen MR) is 116 cm³/mol. The number of aryl methyl sites for hydroxylation is 1. The minimum Gasteiger partial charge on any atom is -0.507 e. The van der Waals surface area contributed by atoms with E-state index in [0.29, 0.717) is 19.6 Å². The second-order valence-electron chi connectivity index (χ2n) is 7.75. The van der Waals surface area contributed by atoms with Gasteiger partial charge in [0.2, 0.25) is 0 Å². The Labute approximate surface area is 185 Å². The highest BCUT2D eigenvalue weighted by molar-refractivity contribution is 6.32. The third kappa shape index (κ3) is 4.68. The van der Waals surface area contributed by atoms with Gasteiger partial charge in [-0.3, -0.25) is 4.79 Å². The third-order valence-electron chi connectivity index (χ3n) is 5.46. The van der Waals surface area contributed by atoms with Crippen LogP contribution in [0.15, 0.2) is 47.0 Å². The molecule has 1 amide bonds. The Morgan fingerprint density at radius 1 is 1.23 bits per heavy atom. The lowest BCUT2D eigenvalue weighted by Crippen LogP contribution is -2.30. The first-order valence-electron chi connectivity index (χ1n) is 10.2. The molecular weight excluding hydrogens is 418 g/mol. The van der Waals surface area contributed by atoms with E-state index in [0.717, 1.165) is 41.5 Å². The van der Waals surface area contributed by atoms with Gasteiger partial charge in [0, 0.05) is 31.8 Å². The van der Waals surface area contributed by atoms with Crippen LogP contribution in [-0.2, 0) is 13.1 Å². The summed E-state index contributed by atoms with van der Waals surface area (Å²) in [6, 6.07) is 12.4. The van der Waals surface area contributed by atoms with Crippen molar-refractivity contribution in [2.24, 2.45) is 0 Å². The van der Waals surface area contributed by atoms with Crippen molar-refractivity contribution in [3.63, 3.8) is 0 Å². The SMILES string of the molecule is Cc1cc(CNCc2cccc(C3CCCN3C(=O)c3cc(Cl)c(O)cc3O)c2)no1. The van der Waals surface area contributed by atoms with E-state index in [1.807, 2.05) is 31.2 Å². The molecule has 0 spiro atoms. The maximum absolute atomic E-state index is 13.1. The number of hydrogen-bond donors (Lipinski definition) is 3. The molecule has 2 aromatic carbocycles. The molecule has 3 N–H and O–H groups in total. The quantitative estimate of drug-likeness (QED) is 0.527. The first-order valence-corrected chi connectivity index (χ1v) is 10.5. The molecule has 3 aromatic rings. The molecule has 0 aliphatic carbocycles. The maximum Gasteiger partial charge on any atom is 0.258 e. The van der Waals surface area contributed by atoms with Gasteiger partial charge >= 0.3 is 0 Å². The zero-order chi connectivity index (χ0) is 22.0. The number of aromatic hydroxyl groups is 2. The minimum absolute atomic E-state index is 0.0345. The van der Waals surface area contributed by atoms with Crippen LogP contribution in [-0.4, -0.2) is 32.7 Å². The van der Waals surface area contributed by atoms with E-state index in [1.165, 1.54) is 6.07 Å². The average molecular weight is 442 g/mol. The number of carbonyl (C=O) groups is 1. The van der Waals surface area contributed by atoms with Crippen molar-refractivity contribution >= 4 is 17.5 Å². The fourth-order valence-electron chi connectivity index (χ4n) is 3.98. The van der Waals surface area contributed by atoms with E-state index in [4.69, 9.17) is 16.1 Å². The highest BCUT2D eigenvalue weighted by atomic mass is 35.5. The normalized spacial score (nSPS) is 16.1. The van der Waals surface area contributed by atoms with Crippen LogP contribution in [0, 0.1) is 6.92 Å². The number of nitrogens with zero attached hydrogens (tertiary/aromatic N) is 2. The summed E-state index contributed by atoms with van der Waals surface area (Å²) >= 11 is 5.96. The molecule has 1 fully saturated rings. The third-order valence-corrected chi connectivity index (χ3v) is 5.76. The van der Waals surface area contributed by atoms with E-state index >= 15 is 0 Å². The molecule has 1 aliphatic rings. The van der Waals surface area contributed by atoms with Gasteiger partial charge in [0.1, 0.15) is 17.3 Å². The molecule has 0 bridgehead atoms. The van der Waals surface area contributed by atoms with Gasteiger partial charge < -0.3 is 25.0 Å². The number of phenols is 2. The highest BCUT2D eigenvalue weighted by Crippen LogP contribution is 2.37. The lowest BCUT2D eigenvalue weighted by Gasteiger charge is -2.26. The lowest BCUT2D eigenvalue weighted by atomic mass is 10.0. The zero-order valence-corrected chi connectivity index (χ0v) is 17.9. The lowest BCUT2D eigenvalue weighted by molar-refractivity contribution is 0.0732. The number of likely N-dealkylation sites (tertiary alicyclic amines) is 1. The number of benzene rings is 2. The number of rotatable bonds is 6. The largest absolute Gasteiger partial charge is 0.507 e. The topological polar surface area (TPSA) is 98.8 Å². The first-order chi connectivity index (χ1) is 14.9. The predicted octanol–water partition coefficient (Wildman–Crippen LogP) is 4.31. The summed E-state index contributed by atoms with van der Waals surface area (Å²) < 4.78 is 5.08. The fourth-order valence-corrected chi connectivity index (χ4v) is 4.14. The van der Waals surface area contributed by atoms with Gasteiger partial charge in [-0.2, -0.15) is 0 Å². The van der Waals surface area contributed by atoms with Crippen LogP contribution in [0.25, 0.3) is 0 Å². The van der Waals surface area contributed by atoms with Crippen LogP contribution in [0.1, 0.15) is 51.8 Å². The fraction of sp³-hybridized carbons (Fsp3) is 0.304. The summed E-state index contributed by atoms with van der Waals surface area (Å²) in [4.78, 5) is 14.9. The average Bonchev–Trinajstić information content (AvgIpc) is 3.40. The molecule has 1 saturated heterocycles. The van der Waals surface area contributed by atoms with Crippen molar-refractivity contribution in [3.8, 4) is 11.5 Å². The minimum atomic E-state index is -0.299. The molecule has 1 atom stereocenters. The van der Waals surface area contributed by atoms with Crippen LogP contribution in [0.3, 0.4) is 0 Å². The van der Waals surface area contributed by atoms with Crippen molar-refractivity contribution in [1.29, 1.82) is 0 Å². The van der Waals surface area contributed by atoms with Crippen molar-refractivity contribution in [2.75, 3.05) is 6.54 Å². The summed E-state index contributed by atoms with van der Waals surface area (Å²) in [7, 11) is 0. The van der Waals surface area contributed by atoms with Crippen LogP contribution in [0.4, 0.5) is 0 Å². The Hall–Kier alpha value is -3.03. The van der Waals surface area contributed by atoms with Gasteiger partial charge in [-0.05, 0) is 37.0 Å². The summed E-state index contributed by atoms with van der Waals surface area (Å²) in [6.45, 7) is 3.72. The Balaban J connectivity index is 1.47. The van der Waals surface area contributed by atoms with Crippen LogP contribution in [0.2, 0.25) is 5.02 Å². The molecule has 0 radical (unpaired) electrons. The summed E-state index contributed by atoms with van der Waals surface area (Å²) in [5, 5.41) is 27.2. The van der Waals surface area contributed by atoms with E-state index in [1.54, 1.807) is 4.90 Å². The molecular formula is C23H24ClN3O4. The maximum atomic E-state index is 13.1. The van der Waals surface area contributed by atoms with Crippen LogP contribution in [0.5, 0.6) is 11.5 Å². The van der Waals surface area contributed by atoms with Gasteiger partial charge in [0.15, 0.2) is 0 Å². The highest BCUT2D eigenvalue weighted by Gasteiger charge is 2.32. The first kappa shape index (κ1) is 21.2. The van der Waals surface area contributed by atoms with E-state index in [2.05, 4.69) is 16.5 Å². The number of carbonyl (C=O) groups excluding carboxylic acids is 1. The molecule has 1 unspecified atom stereocenters. The monoisotopic (exact) mass is 441 g/mol. The second-order valence-corrected chi connectivity index (χ2v) is 8.16. The van der Waals surface area contributed by atoms with Gasteiger partial charge in [-0.25, -0.2) is 0 Å². The molecule has 8 heteroatoms. The summed E-state index contributed by atoms with van der Waals surface area (Å²) in [5.74, 6) is -0.0502. The molecule has 7 nitrogen and oxygen atoms in total. The van der Waals surface area contributed by atoms with Gasteiger partial charge in [-0.15, -0.1) is 0 Å². The molecule has 162 valence electrons. The second kappa shape index (κ2) is 8.99. The zero-order valence-electron chi connectivity index (χ0n) is 17.1. The van der Waals surface area contributed by atoms with Crippen molar-refractivity contribution < 1.29 is 19.5 Å². The number of aromatic nitrogens is 1. The Bertz CT molecular complexity index is 1100. The van der Waals surface area contributed by atoms with Gasteiger partial charge in [0.05, 0.1) is 22.3 Å². The Morgan fingerprint density at radius 2 is 2.06 bits per heavy atom. The molecule has 1 aliphatic heterocycles. The Kier molecular flexibility index (Phi) is 6.15. The molecule has 2 heterocycles. The standard InChI is InChI=1S/C23H24ClN3O4/c1-14-8-17(26-31-14)13-25-12-15-4-2-5-16(9-15)20-6-3-7-27(20)23(30)18-10-19(24)22(29)11-21(18)28/h2,4-5,8-11,20,25,28-29H,3,6-7,12-13H2,1H3. The van der Waals surface area contributed by atoms with E-state index in [9.17, 15) is 15.0 Å². The number of amides is 1. The molecule has 0 saturated carbocycles. The summed E-state index contributed by atoms with van der Waals surface area (Å²) in [5.41, 5.74) is 3.10.